The molecule has 1 aliphatic rings. The van der Waals surface area contributed by atoms with Crippen LogP contribution in [0, 0.1) is 0 Å². The van der Waals surface area contributed by atoms with Crippen LogP contribution >= 0.6 is 0 Å². The normalized spacial score (nSPS) is 14.7. The van der Waals surface area contributed by atoms with Crippen LogP contribution in [0.2, 0.25) is 0 Å². The van der Waals surface area contributed by atoms with E-state index in [9.17, 15) is 9.59 Å². The first-order valence-electron chi connectivity index (χ1n) is 6.61. The number of aliphatic imine (C=N–C) groups is 1. The fourth-order valence-electron chi connectivity index (χ4n) is 2.25. The minimum Gasteiger partial charge on any atom is -0.370 e. The van der Waals surface area contributed by atoms with Gasteiger partial charge in [0.2, 0.25) is 0 Å². The number of hydrogen-bond acceptors (Lipinski definition) is 2. The van der Waals surface area contributed by atoms with Crippen molar-refractivity contribution in [1.82, 2.24) is 4.90 Å². The van der Waals surface area contributed by atoms with Crippen LogP contribution in [0.1, 0.15) is 40.0 Å². The summed E-state index contributed by atoms with van der Waals surface area (Å²) in [5.74, 6) is -0.884. The molecular weight excluding hydrogens is 256 g/mol. The van der Waals surface area contributed by atoms with Crippen LogP contribution in [-0.4, -0.2) is 35.8 Å². The third-order valence-corrected chi connectivity index (χ3v) is 3.23. The van der Waals surface area contributed by atoms with Gasteiger partial charge in [-0.25, -0.2) is 0 Å². The Morgan fingerprint density at radius 3 is 2.35 bits per heavy atom. The Bertz CT molecular complexity index is 544. The summed E-state index contributed by atoms with van der Waals surface area (Å²) in [7, 11) is 0. The fraction of sp³-hybridized carbons (Fsp3) is 0.357. The van der Waals surface area contributed by atoms with Gasteiger partial charge in [0.1, 0.15) is 0 Å². The summed E-state index contributed by atoms with van der Waals surface area (Å²) in [5, 5.41) is 0. The Morgan fingerprint density at radius 2 is 1.70 bits per heavy atom. The lowest BCUT2D eigenvalue weighted by Gasteiger charge is -2.26. The molecule has 106 valence electrons. The van der Waals surface area contributed by atoms with E-state index >= 15 is 0 Å². The van der Waals surface area contributed by atoms with Crippen LogP contribution in [0.4, 0.5) is 0 Å². The fourth-order valence-corrected chi connectivity index (χ4v) is 2.25. The van der Waals surface area contributed by atoms with Crippen LogP contribution in [-0.2, 0) is 0 Å². The minimum atomic E-state index is -0.543. The molecule has 1 aromatic carbocycles. The van der Waals surface area contributed by atoms with E-state index in [1.165, 1.54) is 6.07 Å². The second kappa shape index (κ2) is 6.18. The highest BCUT2D eigenvalue weighted by Gasteiger charge is 2.19. The predicted octanol–water partition coefficient (Wildman–Crippen LogP) is 0.726. The lowest BCUT2D eigenvalue weighted by atomic mass is 10.1. The maximum absolute atomic E-state index is 12.3. The van der Waals surface area contributed by atoms with Gasteiger partial charge in [0.05, 0.1) is 0 Å². The van der Waals surface area contributed by atoms with Crippen molar-refractivity contribution in [2.24, 2.45) is 16.5 Å². The van der Waals surface area contributed by atoms with E-state index in [4.69, 9.17) is 11.5 Å². The maximum atomic E-state index is 12.3. The van der Waals surface area contributed by atoms with E-state index in [0.29, 0.717) is 11.1 Å². The average Bonchev–Trinajstić information content (AvgIpc) is 2.47. The molecule has 1 saturated heterocycles. The smallest absolute Gasteiger partial charge is 0.280 e. The molecule has 2 rings (SSSR count). The summed E-state index contributed by atoms with van der Waals surface area (Å²) in [6, 6.07) is 6.48. The summed E-state index contributed by atoms with van der Waals surface area (Å²) in [6.45, 7) is 1.54. The van der Waals surface area contributed by atoms with Crippen molar-refractivity contribution in [1.29, 1.82) is 0 Å². The molecule has 6 heteroatoms. The predicted molar refractivity (Wildman–Crippen MR) is 76.3 cm³/mol. The second-order valence-corrected chi connectivity index (χ2v) is 4.78. The van der Waals surface area contributed by atoms with Crippen LogP contribution in [0.3, 0.4) is 0 Å². The van der Waals surface area contributed by atoms with E-state index in [-0.39, 0.29) is 11.9 Å². The molecule has 6 nitrogen and oxygen atoms in total. The molecule has 1 aliphatic heterocycles. The van der Waals surface area contributed by atoms with E-state index < -0.39 is 5.91 Å². The van der Waals surface area contributed by atoms with Gasteiger partial charge in [0.15, 0.2) is 5.96 Å². The summed E-state index contributed by atoms with van der Waals surface area (Å²) < 4.78 is 0. The van der Waals surface area contributed by atoms with Gasteiger partial charge in [-0.1, -0.05) is 6.07 Å². The minimum absolute atomic E-state index is 0.0518. The number of amides is 2. The van der Waals surface area contributed by atoms with E-state index in [1.807, 2.05) is 4.90 Å². The molecular formula is C14H18N4O2. The molecule has 0 aliphatic carbocycles. The zero-order chi connectivity index (χ0) is 14.5. The Morgan fingerprint density at radius 1 is 1.05 bits per heavy atom. The van der Waals surface area contributed by atoms with Crippen LogP contribution in [0.25, 0.3) is 0 Å². The van der Waals surface area contributed by atoms with E-state index in [2.05, 4.69) is 4.99 Å². The van der Waals surface area contributed by atoms with Gasteiger partial charge < -0.3 is 16.4 Å². The first-order valence-corrected chi connectivity index (χ1v) is 6.61. The highest BCUT2D eigenvalue weighted by molar-refractivity contribution is 6.04. The number of guanidine groups is 1. The number of carbonyl (C=O) groups is 2. The zero-order valence-electron chi connectivity index (χ0n) is 11.2. The molecule has 0 saturated carbocycles. The first kappa shape index (κ1) is 14.0. The SMILES string of the molecule is NC(N)=NC(=O)c1cccc(C(=O)N2CCCCC2)c1. The lowest BCUT2D eigenvalue weighted by Crippen LogP contribution is -2.35. The van der Waals surface area contributed by atoms with Crippen LogP contribution in [0.15, 0.2) is 29.3 Å². The molecule has 0 radical (unpaired) electrons. The van der Waals surface area contributed by atoms with Gasteiger partial charge in [-0.2, -0.15) is 4.99 Å². The van der Waals surface area contributed by atoms with E-state index in [0.717, 1.165) is 32.4 Å². The number of rotatable bonds is 2. The molecule has 1 heterocycles. The van der Waals surface area contributed by atoms with Crippen LogP contribution < -0.4 is 11.5 Å². The second-order valence-electron chi connectivity index (χ2n) is 4.78. The van der Waals surface area contributed by atoms with Gasteiger partial charge in [-0.3, -0.25) is 9.59 Å². The van der Waals surface area contributed by atoms with Crippen molar-refractivity contribution in [3.8, 4) is 0 Å². The van der Waals surface area contributed by atoms with Gasteiger partial charge in [-0.05, 0) is 37.5 Å². The summed E-state index contributed by atoms with van der Waals surface area (Å²) >= 11 is 0. The van der Waals surface area contributed by atoms with Crippen molar-refractivity contribution in [3.63, 3.8) is 0 Å². The number of nitrogens with two attached hydrogens (primary N) is 2. The molecule has 0 unspecified atom stereocenters. The molecule has 4 N–H and O–H groups in total. The number of hydrogen-bond donors (Lipinski definition) is 2. The first-order chi connectivity index (χ1) is 9.58. The monoisotopic (exact) mass is 274 g/mol. The molecule has 0 bridgehead atoms. The third-order valence-electron chi connectivity index (χ3n) is 3.23. The maximum Gasteiger partial charge on any atom is 0.280 e. The number of likely N-dealkylation sites (tertiary alicyclic amines) is 1. The largest absolute Gasteiger partial charge is 0.370 e. The third kappa shape index (κ3) is 3.34. The van der Waals surface area contributed by atoms with Crippen molar-refractivity contribution in [2.45, 2.75) is 19.3 Å². The summed E-state index contributed by atoms with van der Waals surface area (Å²) in [4.78, 5) is 29.3. The van der Waals surface area contributed by atoms with Gasteiger partial charge >= 0.3 is 0 Å². The van der Waals surface area contributed by atoms with Gasteiger partial charge in [0, 0.05) is 24.2 Å². The van der Waals surface area contributed by atoms with E-state index in [1.54, 1.807) is 18.2 Å². The van der Waals surface area contributed by atoms with Crippen LogP contribution in [0.5, 0.6) is 0 Å². The molecule has 0 aromatic heterocycles. The number of nitrogens with zero attached hydrogens (tertiary/aromatic N) is 2. The summed E-state index contributed by atoms with van der Waals surface area (Å²) in [6.07, 6.45) is 3.21. The topological polar surface area (TPSA) is 102 Å². The molecule has 2 amide bonds. The van der Waals surface area contributed by atoms with Gasteiger partial charge in [-0.15, -0.1) is 0 Å². The van der Waals surface area contributed by atoms with Crippen molar-refractivity contribution in [3.05, 3.63) is 35.4 Å². The number of benzene rings is 1. The lowest BCUT2D eigenvalue weighted by molar-refractivity contribution is 0.0724. The Kier molecular flexibility index (Phi) is 4.34. The standard InChI is InChI=1S/C14H18N4O2/c15-14(16)17-12(19)10-5-4-6-11(9-10)13(20)18-7-2-1-3-8-18/h4-6,9H,1-3,7-8H2,(H4,15,16,17,19). The van der Waals surface area contributed by atoms with Crippen molar-refractivity contribution >= 4 is 17.8 Å². The quantitative estimate of drug-likeness (QED) is 0.613. The average molecular weight is 274 g/mol. The Balaban J connectivity index is 2.18. The molecule has 0 spiro atoms. The molecule has 1 fully saturated rings. The Labute approximate surface area is 117 Å². The zero-order valence-corrected chi connectivity index (χ0v) is 11.2. The number of carbonyl (C=O) groups excluding carboxylic acids is 2. The van der Waals surface area contributed by atoms with Crippen molar-refractivity contribution < 1.29 is 9.59 Å². The Hall–Kier alpha value is -2.37. The molecule has 0 atom stereocenters. The highest BCUT2D eigenvalue weighted by atomic mass is 16.2. The highest BCUT2D eigenvalue weighted by Crippen LogP contribution is 2.14. The molecule has 1 aromatic rings. The number of piperidine rings is 1. The summed E-state index contributed by atoms with van der Waals surface area (Å²) in [5.41, 5.74) is 11.2. The molecule has 20 heavy (non-hydrogen) atoms. The van der Waals surface area contributed by atoms with Gasteiger partial charge in [0.25, 0.3) is 11.8 Å². The van der Waals surface area contributed by atoms with Crippen molar-refractivity contribution in [2.75, 3.05) is 13.1 Å².